The smallest absolute Gasteiger partial charge is 0.227 e. The van der Waals surface area contributed by atoms with Crippen LogP contribution in [0.5, 0.6) is 0 Å². The van der Waals surface area contributed by atoms with Gasteiger partial charge in [0.2, 0.25) is 11.8 Å². The molecule has 0 aliphatic heterocycles. The Morgan fingerprint density at radius 2 is 0.980 bits per heavy atom. The van der Waals surface area contributed by atoms with Crippen molar-refractivity contribution >= 4 is 60.8 Å². The molecule has 0 spiro atoms. The second kappa shape index (κ2) is 11.9. The number of benzene rings is 8. The van der Waals surface area contributed by atoms with Crippen LogP contribution in [0.2, 0.25) is 0 Å². The predicted octanol–water partition coefficient (Wildman–Crippen LogP) is 12.7. The minimum Gasteiger partial charge on any atom is -0.436 e. The highest BCUT2D eigenvalue weighted by Gasteiger charge is 2.16. The number of fused-ring (bicyclic) bond motifs is 4. The van der Waals surface area contributed by atoms with Crippen molar-refractivity contribution in [1.29, 1.82) is 0 Å². The topological polar surface area (TPSA) is 55.3 Å². The van der Waals surface area contributed by atoms with Gasteiger partial charge in [-0.3, -0.25) is 0 Å². The van der Waals surface area contributed by atoms with Crippen molar-refractivity contribution in [3.8, 4) is 34.0 Å². The normalized spacial score (nSPS) is 16.2. The summed E-state index contributed by atoms with van der Waals surface area (Å²) in [7, 11) is 0. The fourth-order valence-electron chi connectivity index (χ4n) is 5.81. The molecule has 5 nitrogen and oxygen atoms in total. The number of hydrogen-bond donors (Lipinski definition) is 0. The van der Waals surface area contributed by atoms with Crippen molar-refractivity contribution in [1.82, 2.24) is 9.97 Å². The van der Waals surface area contributed by atoms with E-state index < -0.39 is 60.4 Å². The van der Waals surface area contributed by atoms with Gasteiger partial charge in [-0.2, -0.15) is 0 Å². The van der Waals surface area contributed by atoms with Gasteiger partial charge in [-0.15, -0.1) is 0 Å². The molecule has 0 saturated carbocycles. The summed E-state index contributed by atoms with van der Waals surface area (Å²) in [6.07, 6.45) is 0. The number of hydrogen-bond acceptors (Lipinski definition) is 5. The van der Waals surface area contributed by atoms with E-state index in [4.69, 9.17) is 29.4 Å². The Morgan fingerprint density at radius 1 is 0.412 bits per heavy atom. The zero-order valence-electron chi connectivity index (χ0n) is 43.1. The van der Waals surface area contributed by atoms with Crippen molar-refractivity contribution in [2.24, 2.45) is 0 Å². The highest BCUT2D eigenvalue weighted by Crippen LogP contribution is 2.39. The number of anilines is 3. The molecule has 0 radical (unpaired) electrons. The maximum Gasteiger partial charge on any atom is 0.227 e. The van der Waals surface area contributed by atoms with Crippen molar-refractivity contribution in [2.75, 3.05) is 4.90 Å². The largest absolute Gasteiger partial charge is 0.436 e. The van der Waals surface area contributed by atoms with Gasteiger partial charge in [0, 0.05) is 28.2 Å². The fourth-order valence-corrected chi connectivity index (χ4v) is 5.81. The van der Waals surface area contributed by atoms with Crippen molar-refractivity contribution in [3.63, 3.8) is 0 Å². The molecule has 2 heterocycles. The molecule has 0 unspecified atom stereocenters. The fraction of sp³-hybridized carbons (Fsp3) is 0. The molecule has 0 N–H and O–H groups in total. The molecular weight excluding hydrogens is 627 g/mol. The van der Waals surface area contributed by atoms with E-state index >= 15 is 0 Å². The molecule has 0 aliphatic carbocycles. The van der Waals surface area contributed by atoms with E-state index in [1.54, 1.807) is 59.5 Å². The lowest BCUT2D eigenvalue weighted by atomic mass is 9.98. The van der Waals surface area contributed by atoms with Crippen LogP contribution in [0.15, 0.2) is 184 Å². The lowest BCUT2D eigenvalue weighted by Gasteiger charge is -2.26. The summed E-state index contributed by atoms with van der Waals surface area (Å²) in [5, 5.41) is 0.0755. The molecule has 0 saturated heterocycles. The number of oxazole rings is 2. The van der Waals surface area contributed by atoms with Gasteiger partial charge in [0.15, 0.2) is 11.2 Å². The first kappa shape index (κ1) is 16.6. The van der Waals surface area contributed by atoms with E-state index in [-0.39, 0.29) is 109 Å². The molecule has 8 aromatic carbocycles. The third-order valence-corrected chi connectivity index (χ3v) is 8.26. The molecule has 0 amide bonds. The molecule has 0 aliphatic rings. The van der Waals surface area contributed by atoms with Crippen LogP contribution in [0.3, 0.4) is 0 Å². The van der Waals surface area contributed by atoms with Crippen LogP contribution in [0.1, 0.15) is 23.3 Å². The maximum absolute atomic E-state index is 9.59. The molecule has 240 valence electrons. The summed E-state index contributed by atoms with van der Waals surface area (Å²) in [6, 6.07) is 12.4. The molecule has 10 aromatic rings. The Kier molecular flexibility index (Phi) is 3.87. The van der Waals surface area contributed by atoms with Gasteiger partial charge in [0.1, 0.15) is 11.0 Å². The van der Waals surface area contributed by atoms with Gasteiger partial charge < -0.3 is 13.7 Å². The zero-order valence-corrected chi connectivity index (χ0v) is 26.1. The quantitative estimate of drug-likeness (QED) is 0.176. The standard InChI is InChI=1S/C46H29N3O2/c1-2-8-33-27-34(14-13-30(33)7-1)35-15-16-37-29-40(26-21-36(37)28-35)49(38-22-17-31(18-23-38)45-47-41-9-3-5-11-43(41)50-45)39-24-19-32(20-25-39)46-48-42-10-4-6-12-44(42)51-46/h1-29H/i1D,2D,3D,4D,5D,6D,7D,8D,9D,10D,11D,12D,13D,14D,21D,27D,29D. The highest BCUT2D eigenvalue weighted by molar-refractivity contribution is 5.94. The average molecular weight is 673 g/mol. The molecule has 10 rings (SSSR count). The summed E-state index contributed by atoms with van der Waals surface area (Å²) >= 11 is 0. The number of nitrogens with zero attached hydrogens (tertiary/aromatic N) is 3. The Bertz CT molecular complexity index is 3610. The summed E-state index contributed by atoms with van der Waals surface area (Å²) < 4.78 is 156. The van der Waals surface area contributed by atoms with Crippen LogP contribution >= 0.6 is 0 Å². The van der Waals surface area contributed by atoms with E-state index in [0.29, 0.717) is 27.9 Å². The first-order valence-electron chi connectivity index (χ1n) is 24.1. The Morgan fingerprint density at radius 3 is 1.63 bits per heavy atom. The third-order valence-electron chi connectivity index (χ3n) is 8.26. The van der Waals surface area contributed by atoms with Crippen LogP contribution in [0.25, 0.3) is 77.8 Å². The molecular formula is C46H29N3O2. The minimum absolute atomic E-state index is 0.0293. The molecule has 0 bridgehead atoms. The SMILES string of the molecule is [2H]c1c([2H])c([2H])c2oc(-c3ccc(N(c4ccc(-c5nc6c([2H])c([2H])c([2H])c([2H])c6o5)cc4)c4cc([2H])c5cc(-c6c([2H])c([2H])c7c([2H])c([2H])c([2H])c([2H])c7c6[2H])ccc5c4[2H])cc3)nc2c1[2H]. The molecule has 2 aromatic heterocycles. The van der Waals surface area contributed by atoms with Gasteiger partial charge in [0.05, 0.1) is 23.3 Å². The van der Waals surface area contributed by atoms with E-state index in [1.807, 2.05) is 0 Å². The molecule has 0 fully saturated rings. The second-order valence-electron chi connectivity index (χ2n) is 11.4. The summed E-state index contributed by atoms with van der Waals surface area (Å²) in [4.78, 5) is 10.4. The Balaban J connectivity index is 1.11. The number of rotatable bonds is 6. The predicted molar refractivity (Wildman–Crippen MR) is 208 cm³/mol. The third kappa shape index (κ3) is 5.29. The van der Waals surface area contributed by atoms with Gasteiger partial charge in [-0.1, -0.05) is 78.6 Å². The summed E-state index contributed by atoms with van der Waals surface area (Å²) in [5.74, 6) is 0.0586. The highest BCUT2D eigenvalue weighted by atomic mass is 16.4. The van der Waals surface area contributed by atoms with E-state index in [2.05, 4.69) is 9.97 Å². The van der Waals surface area contributed by atoms with Crippen molar-refractivity contribution < 1.29 is 32.1 Å². The first-order valence-corrected chi connectivity index (χ1v) is 15.6. The van der Waals surface area contributed by atoms with E-state index in [1.165, 1.54) is 18.2 Å². The molecule has 51 heavy (non-hydrogen) atoms. The van der Waals surface area contributed by atoms with E-state index in [9.17, 15) is 2.74 Å². The van der Waals surface area contributed by atoms with Crippen LogP contribution in [0, 0.1) is 0 Å². The molecule has 5 heteroatoms. The lowest BCUT2D eigenvalue weighted by Crippen LogP contribution is -2.09. The number of para-hydroxylation sites is 4. The number of aromatic nitrogens is 2. The Labute approximate surface area is 317 Å². The van der Waals surface area contributed by atoms with E-state index in [0.717, 1.165) is 0 Å². The summed E-state index contributed by atoms with van der Waals surface area (Å²) in [6.45, 7) is 0. The minimum atomic E-state index is -0.586. The van der Waals surface area contributed by atoms with Gasteiger partial charge in [-0.25, -0.2) is 9.97 Å². The van der Waals surface area contributed by atoms with Crippen molar-refractivity contribution in [3.05, 3.63) is 176 Å². The average Bonchev–Trinajstić information content (AvgIpc) is 4.00. The van der Waals surface area contributed by atoms with Crippen LogP contribution in [-0.2, 0) is 0 Å². The van der Waals surface area contributed by atoms with Crippen molar-refractivity contribution in [2.45, 2.75) is 0 Å². The maximum atomic E-state index is 9.59. The first-order chi connectivity index (χ1) is 32.3. The van der Waals surface area contributed by atoms with Crippen LogP contribution < -0.4 is 4.90 Å². The molecule has 0 atom stereocenters. The monoisotopic (exact) mass is 672 g/mol. The van der Waals surface area contributed by atoms with Crippen LogP contribution in [-0.4, -0.2) is 9.97 Å². The van der Waals surface area contributed by atoms with Gasteiger partial charge in [0.25, 0.3) is 0 Å². The van der Waals surface area contributed by atoms with Crippen LogP contribution in [0.4, 0.5) is 17.1 Å². The van der Waals surface area contributed by atoms with Gasteiger partial charge in [-0.05, 0) is 130 Å². The zero-order chi connectivity index (χ0) is 48.5. The lowest BCUT2D eigenvalue weighted by molar-refractivity contribution is 0.619. The second-order valence-corrected chi connectivity index (χ2v) is 11.4. The Hall–Kier alpha value is -6.98. The van der Waals surface area contributed by atoms with Gasteiger partial charge >= 0.3 is 0 Å². The summed E-state index contributed by atoms with van der Waals surface area (Å²) in [5.41, 5.74) is 1.84.